The highest BCUT2D eigenvalue weighted by Gasteiger charge is 2.40. The molecule has 2 saturated carbocycles. The van der Waals surface area contributed by atoms with Crippen molar-refractivity contribution in [3.63, 3.8) is 0 Å². The van der Waals surface area contributed by atoms with Gasteiger partial charge in [-0.15, -0.1) is 0 Å². The first-order valence-corrected chi connectivity index (χ1v) is 13.3. The smallest absolute Gasteiger partial charge is 0.411 e. The first-order chi connectivity index (χ1) is 18.1. The zero-order valence-electron chi connectivity index (χ0n) is 21.1. The topological polar surface area (TPSA) is 89.8 Å². The van der Waals surface area contributed by atoms with Crippen molar-refractivity contribution in [2.24, 2.45) is 11.8 Å². The van der Waals surface area contributed by atoms with Gasteiger partial charge in [-0.2, -0.15) is 5.26 Å². The van der Waals surface area contributed by atoms with E-state index in [9.17, 15) is 10.1 Å². The number of rotatable bonds is 8. The summed E-state index contributed by atoms with van der Waals surface area (Å²) in [5.41, 5.74) is 5.61. The Morgan fingerprint density at radius 2 is 1.86 bits per heavy atom. The zero-order valence-corrected chi connectivity index (χ0v) is 21.1. The Morgan fingerprint density at radius 1 is 1.11 bits per heavy atom. The van der Waals surface area contributed by atoms with Crippen LogP contribution in [-0.4, -0.2) is 38.3 Å². The second kappa shape index (κ2) is 10.2. The molecule has 0 aromatic heterocycles. The molecule has 7 heteroatoms. The van der Waals surface area contributed by atoms with Crippen molar-refractivity contribution in [1.82, 2.24) is 0 Å². The number of hydrogen-bond acceptors (Lipinski definition) is 6. The Hall–Kier alpha value is -3.34. The van der Waals surface area contributed by atoms with Crippen LogP contribution in [0.5, 0.6) is 5.75 Å². The van der Waals surface area contributed by atoms with Crippen LogP contribution in [0.15, 0.2) is 42.5 Å². The van der Waals surface area contributed by atoms with E-state index in [0.717, 1.165) is 59.3 Å². The van der Waals surface area contributed by atoms with Gasteiger partial charge in [0, 0.05) is 11.6 Å². The third-order valence-electron chi connectivity index (χ3n) is 8.04. The van der Waals surface area contributed by atoms with Gasteiger partial charge in [0.05, 0.1) is 18.8 Å². The van der Waals surface area contributed by atoms with Gasteiger partial charge in [-0.05, 0) is 97.0 Å². The number of hydrogen-bond donors (Lipinski definition) is 1. The predicted octanol–water partition coefficient (Wildman–Crippen LogP) is 6.12. The highest BCUT2D eigenvalue weighted by Crippen LogP contribution is 2.55. The van der Waals surface area contributed by atoms with Crippen LogP contribution in [0.4, 0.5) is 10.5 Å². The Bertz CT molecular complexity index is 1230. The number of carbonyl (C=O) groups excluding carboxylic acids is 1. The molecule has 4 aliphatic rings. The van der Waals surface area contributed by atoms with Gasteiger partial charge < -0.3 is 18.9 Å². The van der Waals surface area contributed by atoms with Gasteiger partial charge in [-0.3, -0.25) is 5.32 Å². The lowest BCUT2D eigenvalue weighted by molar-refractivity contribution is -0.0684. The fourth-order valence-corrected chi connectivity index (χ4v) is 5.66. The van der Waals surface area contributed by atoms with Crippen molar-refractivity contribution in [3.8, 4) is 11.8 Å². The quantitative estimate of drug-likeness (QED) is 0.470. The molecule has 1 aliphatic heterocycles. The van der Waals surface area contributed by atoms with E-state index in [-0.39, 0.29) is 18.3 Å². The van der Waals surface area contributed by atoms with Crippen molar-refractivity contribution >= 4 is 22.9 Å². The average Bonchev–Trinajstić information content (AvgIpc) is 3.51. The van der Waals surface area contributed by atoms with Crippen molar-refractivity contribution in [1.29, 1.82) is 5.26 Å². The number of benzene rings is 2. The summed E-state index contributed by atoms with van der Waals surface area (Å²) in [6.07, 6.45) is 4.93. The number of nitriles is 1. The lowest BCUT2D eigenvalue weighted by Gasteiger charge is -2.34. The Morgan fingerprint density at radius 3 is 2.51 bits per heavy atom. The lowest BCUT2D eigenvalue weighted by Crippen LogP contribution is -2.21. The van der Waals surface area contributed by atoms with Gasteiger partial charge in [-0.25, -0.2) is 4.79 Å². The van der Waals surface area contributed by atoms with E-state index in [1.165, 1.54) is 6.42 Å². The van der Waals surface area contributed by atoms with E-state index in [1.54, 1.807) is 0 Å². The van der Waals surface area contributed by atoms with Gasteiger partial charge >= 0.3 is 6.09 Å². The van der Waals surface area contributed by atoms with Crippen LogP contribution in [0.25, 0.3) is 11.1 Å². The molecule has 0 radical (unpaired) electrons. The predicted molar refractivity (Wildman–Crippen MR) is 139 cm³/mol. The summed E-state index contributed by atoms with van der Waals surface area (Å²) in [4.78, 5) is 12.3. The molecule has 192 valence electrons. The van der Waals surface area contributed by atoms with E-state index >= 15 is 0 Å². The molecule has 37 heavy (non-hydrogen) atoms. The molecular weight excluding hydrogens is 468 g/mol. The number of fused-ring (bicyclic) bond motifs is 1. The van der Waals surface area contributed by atoms with Crippen LogP contribution >= 0.6 is 0 Å². The van der Waals surface area contributed by atoms with E-state index in [0.29, 0.717) is 37.3 Å². The van der Waals surface area contributed by atoms with Crippen molar-refractivity contribution in [2.75, 3.05) is 25.1 Å². The Balaban J connectivity index is 1.23. The minimum absolute atomic E-state index is 0.0603. The van der Waals surface area contributed by atoms with E-state index in [2.05, 4.69) is 17.5 Å². The first-order valence-electron chi connectivity index (χ1n) is 13.3. The van der Waals surface area contributed by atoms with Gasteiger partial charge in [-0.1, -0.05) is 18.6 Å². The number of allylic oxidation sites excluding steroid dienone is 2. The van der Waals surface area contributed by atoms with Gasteiger partial charge in [0.25, 0.3) is 0 Å². The fourth-order valence-electron chi connectivity index (χ4n) is 5.66. The number of ether oxygens (including phenoxy) is 4. The van der Waals surface area contributed by atoms with Crippen molar-refractivity contribution < 1.29 is 23.7 Å². The maximum atomic E-state index is 12.3. The minimum Gasteiger partial charge on any atom is -0.488 e. The zero-order chi connectivity index (χ0) is 25.4. The number of amides is 1. The summed E-state index contributed by atoms with van der Waals surface area (Å²) in [5.74, 6) is 1.89. The molecule has 2 aromatic carbocycles. The van der Waals surface area contributed by atoms with Crippen LogP contribution in [0.2, 0.25) is 0 Å². The number of nitrogens with one attached hydrogen (secondary N) is 1. The molecule has 2 atom stereocenters. The molecule has 0 spiro atoms. The molecule has 1 saturated heterocycles. The average molecular weight is 501 g/mol. The minimum atomic E-state index is -0.425. The van der Waals surface area contributed by atoms with Gasteiger partial charge in [0.2, 0.25) is 0 Å². The molecule has 6 rings (SSSR count). The van der Waals surface area contributed by atoms with Crippen molar-refractivity contribution in [2.45, 2.75) is 57.3 Å². The first kappa shape index (κ1) is 24.0. The monoisotopic (exact) mass is 500 g/mol. The normalized spacial score (nSPS) is 22.2. The maximum Gasteiger partial charge on any atom is 0.411 e. The standard InChI is InChI=1S/C30H32N2O5/c1-18(19-5-6-19)37-30(33)32-22-9-7-21(8-10-22)29-26(16-31)24-12-11-23(36-17-27-34-13-14-35-27)15-25(24)28(29)20-3-2-4-20/h7-12,15,18-20,27-28H,2-6,13-14,17H2,1H3,(H,32,33)/t18-,28?/m1/s1. The Labute approximate surface area is 217 Å². The van der Waals surface area contributed by atoms with Crippen LogP contribution < -0.4 is 10.1 Å². The molecular formula is C30H32N2O5. The van der Waals surface area contributed by atoms with Crippen LogP contribution in [-0.2, 0) is 14.2 Å². The van der Waals surface area contributed by atoms with Crippen LogP contribution in [0.1, 0.15) is 61.6 Å². The summed E-state index contributed by atoms with van der Waals surface area (Å²) >= 11 is 0. The molecule has 1 amide bonds. The van der Waals surface area contributed by atoms with Crippen LogP contribution in [0.3, 0.4) is 0 Å². The molecule has 1 N–H and O–H groups in total. The summed E-state index contributed by atoms with van der Waals surface area (Å²) in [6, 6.07) is 16.3. The number of nitrogens with zero attached hydrogens (tertiary/aromatic N) is 1. The summed E-state index contributed by atoms with van der Waals surface area (Å²) in [7, 11) is 0. The number of anilines is 1. The third kappa shape index (κ3) is 4.96. The fraction of sp³-hybridized carbons (Fsp3) is 0.467. The molecule has 0 bridgehead atoms. The SMILES string of the molecule is C[C@@H](OC(=O)Nc1ccc(C2=C(C#N)c3ccc(OCC4OCCO4)cc3C2C2CCC2)cc1)C1CC1. The molecule has 3 fully saturated rings. The van der Waals surface area contributed by atoms with E-state index in [1.807, 2.05) is 43.3 Å². The highest BCUT2D eigenvalue weighted by molar-refractivity contribution is 6.05. The van der Waals surface area contributed by atoms with Gasteiger partial charge in [0.15, 0.2) is 6.29 Å². The largest absolute Gasteiger partial charge is 0.488 e. The summed E-state index contributed by atoms with van der Waals surface area (Å²) in [6.45, 7) is 3.47. The van der Waals surface area contributed by atoms with E-state index < -0.39 is 6.09 Å². The summed E-state index contributed by atoms with van der Waals surface area (Å²) in [5, 5.41) is 13.0. The number of carbonyl (C=O) groups is 1. The molecule has 1 unspecified atom stereocenters. The van der Waals surface area contributed by atoms with E-state index in [4.69, 9.17) is 18.9 Å². The molecule has 3 aliphatic carbocycles. The lowest BCUT2D eigenvalue weighted by atomic mass is 9.70. The maximum absolute atomic E-state index is 12.3. The molecule has 1 heterocycles. The second-order valence-corrected chi connectivity index (χ2v) is 10.5. The highest BCUT2D eigenvalue weighted by atomic mass is 16.7. The molecule has 2 aromatic rings. The van der Waals surface area contributed by atoms with Crippen molar-refractivity contribution in [3.05, 3.63) is 59.2 Å². The molecule has 7 nitrogen and oxygen atoms in total. The third-order valence-corrected chi connectivity index (χ3v) is 8.04. The Kier molecular flexibility index (Phi) is 6.62. The second-order valence-electron chi connectivity index (χ2n) is 10.5. The summed E-state index contributed by atoms with van der Waals surface area (Å²) < 4.78 is 22.5. The van der Waals surface area contributed by atoms with Gasteiger partial charge in [0.1, 0.15) is 24.5 Å². The van der Waals surface area contributed by atoms with Crippen LogP contribution in [0, 0.1) is 23.2 Å².